The lowest BCUT2D eigenvalue weighted by Crippen LogP contribution is -2.19. The Balaban J connectivity index is 2.03. The van der Waals surface area contributed by atoms with Crippen LogP contribution < -0.4 is 11.1 Å². The lowest BCUT2D eigenvalue weighted by molar-refractivity contribution is 0.587. The minimum Gasteiger partial charge on any atom is -0.389 e. The first kappa shape index (κ1) is 13.3. The van der Waals surface area contributed by atoms with Crippen molar-refractivity contribution in [3.8, 4) is 0 Å². The molecule has 1 aromatic carbocycles. The predicted molar refractivity (Wildman–Crippen MR) is 82.1 cm³/mol. The van der Waals surface area contributed by atoms with Gasteiger partial charge in [-0.15, -0.1) is 0 Å². The molecule has 1 atom stereocenters. The van der Waals surface area contributed by atoms with E-state index in [1.54, 1.807) is 0 Å². The maximum Gasteiger partial charge on any atom is 0.104 e. The van der Waals surface area contributed by atoms with E-state index in [2.05, 4.69) is 31.3 Å². The molecule has 0 heterocycles. The third-order valence-electron chi connectivity index (χ3n) is 3.67. The molecule has 1 aliphatic carbocycles. The molecule has 3 heteroatoms. The average molecular weight is 262 g/mol. The van der Waals surface area contributed by atoms with Crippen molar-refractivity contribution in [1.29, 1.82) is 0 Å². The molecule has 0 aliphatic heterocycles. The lowest BCUT2D eigenvalue weighted by Gasteiger charge is -2.19. The van der Waals surface area contributed by atoms with Crippen molar-refractivity contribution < 1.29 is 0 Å². The Morgan fingerprint density at radius 1 is 1.50 bits per heavy atom. The van der Waals surface area contributed by atoms with E-state index in [1.165, 1.54) is 31.4 Å². The van der Waals surface area contributed by atoms with Gasteiger partial charge in [-0.2, -0.15) is 0 Å². The molecule has 0 bridgehead atoms. The van der Waals surface area contributed by atoms with Gasteiger partial charge in [0.25, 0.3) is 0 Å². The van der Waals surface area contributed by atoms with Crippen LogP contribution in [0.1, 0.15) is 43.7 Å². The zero-order chi connectivity index (χ0) is 13.1. The molecule has 2 rings (SSSR count). The quantitative estimate of drug-likeness (QED) is 0.769. The summed E-state index contributed by atoms with van der Waals surface area (Å²) in [6, 6.07) is 6.83. The van der Waals surface area contributed by atoms with Crippen LogP contribution >= 0.6 is 12.2 Å². The number of anilines is 1. The first-order chi connectivity index (χ1) is 8.60. The van der Waals surface area contributed by atoms with E-state index in [0.29, 0.717) is 11.0 Å². The number of hydrogen-bond donors (Lipinski definition) is 2. The third kappa shape index (κ3) is 3.45. The molecule has 0 aromatic heterocycles. The Labute approximate surface area is 115 Å². The van der Waals surface area contributed by atoms with Gasteiger partial charge in [-0.1, -0.05) is 32.0 Å². The molecule has 1 fully saturated rings. The maximum atomic E-state index is 5.68. The van der Waals surface area contributed by atoms with E-state index in [-0.39, 0.29) is 0 Å². The summed E-state index contributed by atoms with van der Waals surface area (Å²) < 4.78 is 0. The van der Waals surface area contributed by atoms with Crippen molar-refractivity contribution in [1.82, 2.24) is 0 Å². The van der Waals surface area contributed by atoms with E-state index in [0.717, 1.165) is 17.0 Å². The minimum absolute atomic E-state index is 0.476. The van der Waals surface area contributed by atoms with Gasteiger partial charge in [0, 0.05) is 17.3 Å². The van der Waals surface area contributed by atoms with Crippen LogP contribution in [0.2, 0.25) is 0 Å². The second-order valence-electron chi connectivity index (χ2n) is 5.32. The second-order valence-corrected chi connectivity index (χ2v) is 5.76. The molecule has 3 N–H and O–H groups in total. The van der Waals surface area contributed by atoms with Crippen LogP contribution in [-0.4, -0.2) is 11.0 Å². The van der Waals surface area contributed by atoms with Crippen molar-refractivity contribution in [2.24, 2.45) is 11.7 Å². The molecular weight excluding hydrogens is 240 g/mol. The van der Waals surface area contributed by atoms with Crippen molar-refractivity contribution >= 4 is 22.9 Å². The van der Waals surface area contributed by atoms with Gasteiger partial charge < -0.3 is 11.1 Å². The Bertz CT molecular complexity index is 438. The highest BCUT2D eigenvalue weighted by Gasteiger charge is 2.24. The molecule has 1 aliphatic rings. The van der Waals surface area contributed by atoms with Crippen LogP contribution in [0.5, 0.6) is 0 Å². The van der Waals surface area contributed by atoms with Crippen LogP contribution in [0.15, 0.2) is 18.2 Å². The summed E-state index contributed by atoms with van der Waals surface area (Å²) in [6.07, 6.45) is 5.30. The molecule has 0 amide bonds. The van der Waals surface area contributed by atoms with E-state index in [4.69, 9.17) is 18.0 Å². The van der Waals surface area contributed by atoms with Gasteiger partial charge >= 0.3 is 0 Å². The SMILES string of the molecule is CCC(CC1CC1)Nc1ccc(C(N)=S)c(C)c1. The van der Waals surface area contributed by atoms with Crippen molar-refractivity contribution in [3.05, 3.63) is 29.3 Å². The Kier molecular flexibility index (Phi) is 4.23. The smallest absolute Gasteiger partial charge is 0.104 e. The Morgan fingerprint density at radius 3 is 2.72 bits per heavy atom. The fourth-order valence-electron chi connectivity index (χ4n) is 2.35. The van der Waals surface area contributed by atoms with Gasteiger partial charge in [0.15, 0.2) is 0 Å². The molecule has 2 nitrogen and oxygen atoms in total. The number of nitrogens with two attached hydrogens (primary N) is 1. The molecule has 98 valence electrons. The summed E-state index contributed by atoms with van der Waals surface area (Å²) in [7, 11) is 0. The number of thiocarbonyl (C=S) groups is 1. The second kappa shape index (κ2) is 5.70. The first-order valence-corrected chi connectivity index (χ1v) is 7.18. The highest BCUT2D eigenvalue weighted by molar-refractivity contribution is 7.80. The van der Waals surface area contributed by atoms with Gasteiger partial charge in [-0.05, 0) is 49.4 Å². The van der Waals surface area contributed by atoms with Crippen molar-refractivity contribution in [2.75, 3.05) is 5.32 Å². The van der Waals surface area contributed by atoms with Gasteiger partial charge in [0.1, 0.15) is 4.99 Å². The predicted octanol–water partition coefficient (Wildman–Crippen LogP) is 3.62. The molecule has 1 unspecified atom stereocenters. The normalized spacial score (nSPS) is 16.3. The van der Waals surface area contributed by atoms with E-state index in [9.17, 15) is 0 Å². The van der Waals surface area contributed by atoms with Crippen molar-refractivity contribution in [3.63, 3.8) is 0 Å². The zero-order valence-electron chi connectivity index (χ0n) is 11.2. The van der Waals surface area contributed by atoms with Gasteiger partial charge in [-0.25, -0.2) is 0 Å². The topological polar surface area (TPSA) is 38.0 Å². The summed E-state index contributed by atoms with van der Waals surface area (Å²) in [5.41, 5.74) is 8.98. The molecule has 0 radical (unpaired) electrons. The average Bonchev–Trinajstić information content (AvgIpc) is 3.11. The number of rotatable bonds is 6. The van der Waals surface area contributed by atoms with E-state index >= 15 is 0 Å². The summed E-state index contributed by atoms with van der Waals surface area (Å²) in [5.74, 6) is 0.958. The zero-order valence-corrected chi connectivity index (χ0v) is 12.0. The van der Waals surface area contributed by atoms with Gasteiger partial charge in [0.2, 0.25) is 0 Å². The Hall–Kier alpha value is -1.09. The molecule has 0 saturated heterocycles. The highest BCUT2D eigenvalue weighted by atomic mass is 32.1. The van der Waals surface area contributed by atoms with Gasteiger partial charge in [-0.3, -0.25) is 0 Å². The minimum atomic E-state index is 0.476. The fourth-order valence-corrected chi connectivity index (χ4v) is 2.58. The van der Waals surface area contributed by atoms with Gasteiger partial charge in [0.05, 0.1) is 0 Å². The van der Waals surface area contributed by atoms with Crippen LogP contribution in [0.4, 0.5) is 5.69 Å². The largest absolute Gasteiger partial charge is 0.389 e. The van der Waals surface area contributed by atoms with Crippen LogP contribution in [0, 0.1) is 12.8 Å². The number of benzene rings is 1. The standard InChI is InChI=1S/C15H22N2S/c1-3-12(9-11-4-5-11)17-13-6-7-14(15(16)18)10(2)8-13/h6-8,11-12,17H,3-5,9H2,1-2H3,(H2,16,18). The summed E-state index contributed by atoms with van der Waals surface area (Å²) in [5, 5.41) is 3.62. The number of nitrogens with one attached hydrogen (secondary N) is 1. The third-order valence-corrected chi connectivity index (χ3v) is 3.89. The number of hydrogen-bond acceptors (Lipinski definition) is 2. The molecule has 1 saturated carbocycles. The fraction of sp³-hybridized carbons (Fsp3) is 0.533. The van der Waals surface area contributed by atoms with E-state index < -0.39 is 0 Å². The van der Waals surface area contributed by atoms with Crippen LogP contribution in [-0.2, 0) is 0 Å². The van der Waals surface area contributed by atoms with Crippen LogP contribution in [0.25, 0.3) is 0 Å². The maximum absolute atomic E-state index is 5.68. The van der Waals surface area contributed by atoms with E-state index in [1.807, 2.05) is 6.07 Å². The molecular formula is C15H22N2S. The van der Waals surface area contributed by atoms with Crippen LogP contribution in [0.3, 0.4) is 0 Å². The van der Waals surface area contributed by atoms with Crippen molar-refractivity contribution in [2.45, 2.75) is 45.6 Å². The first-order valence-electron chi connectivity index (χ1n) is 6.77. The molecule has 0 spiro atoms. The lowest BCUT2D eigenvalue weighted by atomic mass is 10.1. The monoisotopic (exact) mass is 262 g/mol. The summed E-state index contributed by atoms with van der Waals surface area (Å²) in [4.78, 5) is 0.476. The highest BCUT2D eigenvalue weighted by Crippen LogP contribution is 2.34. The molecule has 1 aromatic rings. The summed E-state index contributed by atoms with van der Waals surface area (Å²) >= 11 is 5.03. The number of aryl methyl sites for hydroxylation is 1. The summed E-state index contributed by atoms with van der Waals surface area (Å²) in [6.45, 7) is 4.30. The molecule has 18 heavy (non-hydrogen) atoms. The Morgan fingerprint density at radius 2 is 2.22 bits per heavy atom.